The van der Waals surface area contributed by atoms with Crippen molar-refractivity contribution in [2.24, 2.45) is 5.92 Å². The number of hydrogen-bond acceptors (Lipinski definition) is 4. The van der Waals surface area contributed by atoms with Crippen LogP contribution in [-0.2, 0) is 11.3 Å². The van der Waals surface area contributed by atoms with Gasteiger partial charge in [0.1, 0.15) is 5.75 Å². The molecule has 3 aromatic rings. The Bertz CT molecular complexity index is 910. The van der Waals surface area contributed by atoms with E-state index in [1.54, 1.807) is 0 Å². The number of fused-ring (bicyclic) bond motifs is 1. The zero-order valence-electron chi connectivity index (χ0n) is 16.9. The van der Waals surface area contributed by atoms with Gasteiger partial charge in [-0.05, 0) is 49.1 Å². The van der Waals surface area contributed by atoms with E-state index in [4.69, 9.17) is 4.74 Å². The van der Waals surface area contributed by atoms with E-state index in [2.05, 4.69) is 27.1 Å². The van der Waals surface area contributed by atoms with Crippen molar-refractivity contribution in [3.63, 3.8) is 0 Å². The molecule has 1 fully saturated rings. The Morgan fingerprint density at radius 1 is 1.17 bits per heavy atom. The third-order valence-electron chi connectivity index (χ3n) is 5.41. The van der Waals surface area contributed by atoms with Crippen LogP contribution in [0.15, 0.2) is 48.5 Å². The van der Waals surface area contributed by atoms with E-state index >= 15 is 0 Å². The molecule has 2 N–H and O–H groups in total. The van der Waals surface area contributed by atoms with E-state index in [0.717, 1.165) is 67.3 Å². The average molecular weight is 393 g/mol. The van der Waals surface area contributed by atoms with Crippen LogP contribution in [0.3, 0.4) is 0 Å². The molecule has 6 heteroatoms. The molecule has 0 atom stereocenters. The first kappa shape index (κ1) is 19.3. The van der Waals surface area contributed by atoms with Crippen molar-refractivity contribution < 1.29 is 9.53 Å². The Labute approximate surface area is 171 Å². The minimum atomic E-state index is 0.0581. The number of rotatable bonds is 7. The molecule has 0 unspecified atom stereocenters. The van der Waals surface area contributed by atoms with Crippen LogP contribution < -0.4 is 15.0 Å². The van der Waals surface area contributed by atoms with Gasteiger partial charge in [0.05, 0.1) is 17.6 Å². The lowest BCUT2D eigenvalue weighted by Gasteiger charge is -2.31. The summed E-state index contributed by atoms with van der Waals surface area (Å²) in [5.41, 5.74) is 3.11. The molecule has 0 bridgehead atoms. The number of nitrogens with zero attached hydrogens (tertiary/aromatic N) is 2. The molecule has 1 aliphatic heterocycles. The number of piperidine rings is 1. The lowest BCUT2D eigenvalue weighted by molar-refractivity contribution is -0.125. The molecule has 2 aromatic carbocycles. The number of anilines is 1. The predicted molar refractivity (Wildman–Crippen MR) is 115 cm³/mol. The first-order valence-corrected chi connectivity index (χ1v) is 10.4. The molecular formula is C23H28N4O2. The molecule has 0 spiro atoms. The van der Waals surface area contributed by atoms with Gasteiger partial charge in [0.25, 0.3) is 0 Å². The van der Waals surface area contributed by atoms with E-state index in [-0.39, 0.29) is 11.8 Å². The lowest BCUT2D eigenvalue weighted by Crippen LogP contribution is -2.40. The van der Waals surface area contributed by atoms with E-state index in [1.165, 1.54) is 0 Å². The zero-order valence-corrected chi connectivity index (χ0v) is 16.9. The molecule has 6 nitrogen and oxygen atoms in total. The van der Waals surface area contributed by atoms with Gasteiger partial charge < -0.3 is 19.9 Å². The molecule has 0 radical (unpaired) electrons. The van der Waals surface area contributed by atoms with Crippen LogP contribution in [0.25, 0.3) is 11.0 Å². The van der Waals surface area contributed by atoms with Gasteiger partial charge in [-0.25, -0.2) is 4.98 Å². The Morgan fingerprint density at radius 3 is 2.66 bits per heavy atom. The molecule has 1 saturated heterocycles. The standard InChI is InChI=1S/C23H28N4O2/c1-2-15-29-19-9-7-17(8-10-19)16-24-22(28)18-11-13-27(14-12-18)23-25-20-5-3-4-6-21(20)26-23/h3-10,18H,2,11-16H2,1H3,(H,24,28)(H,25,26). The van der Waals surface area contributed by atoms with Crippen LogP contribution in [0.2, 0.25) is 0 Å². The van der Waals surface area contributed by atoms with Crippen LogP contribution in [0, 0.1) is 5.92 Å². The van der Waals surface area contributed by atoms with Crippen molar-refractivity contribution in [3.05, 3.63) is 54.1 Å². The molecule has 0 aliphatic carbocycles. The largest absolute Gasteiger partial charge is 0.494 e. The maximum atomic E-state index is 12.6. The summed E-state index contributed by atoms with van der Waals surface area (Å²) in [6.45, 7) is 5.04. The SMILES string of the molecule is CCCOc1ccc(CNC(=O)C2CCN(c3nc4ccccc4[nH]3)CC2)cc1. The van der Waals surface area contributed by atoms with E-state index in [0.29, 0.717) is 6.54 Å². The molecule has 1 aromatic heterocycles. The van der Waals surface area contributed by atoms with Crippen molar-refractivity contribution in [1.82, 2.24) is 15.3 Å². The van der Waals surface area contributed by atoms with Crippen LogP contribution in [0.1, 0.15) is 31.7 Å². The summed E-state index contributed by atoms with van der Waals surface area (Å²) in [5, 5.41) is 3.09. The number of imidazole rings is 1. The fourth-order valence-electron chi connectivity index (χ4n) is 3.70. The number of aromatic nitrogens is 2. The number of benzene rings is 2. The number of nitrogens with one attached hydrogen (secondary N) is 2. The van der Waals surface area contributed by atoms with Crippen molar-refractivity contribution >= 4 is 22.9 Å². The normalized spacial score (nSPS) is 14.9. The highest BCUT2D eigenvalue weighted by atomic mass is 16.5. The minimum absolute atomic E-state index is 0.0581. The summed E-state index contributed by atoms with van der Waals surface area (Å²) >= 11 is 0. The number of carbonyl (C=O) groups excluding carboxylic acids is 1. The third-order valence-corrected chi connectivity index (χ3v) is 5.41. The smallest absolute Gasteiger partial charge is 0.223 e. The van der Waals surface area contributed by atoms with Crippen LogP contribution in [-0.4, -0.2) is 35.6 Å². The predicted octanol–water partition coefficient (Wildman–Crippen LogP) is 3.88. The quantitative estimate of drug-likeness (QED) is 0.640. The Hall–Kier alpha value is -3.02. The van der Waals surface area contributed by atoms with Crippen molar-refractivity contribution in [2.45, 2.75) is 32.7 Å². The van der Waals surface area contributed by atoms with Gasteiger partial charge in [0, 0.05) is 25.6 Å². The van der Waals surface area contributed by atoms with Gasteiger partial charge in [-0.1, -0.05) is 31.2 Å². The van der Waals surface area contributed by atoms with E-state index in [1.807, 2.05) is 48.5 Å². The topological polar surface area (TPSA) is 70.2 Å². The van der Waals surface area contributed by atoms with Gasteiger partial charge in [-0.3, -0.25) is 4.79 Å². The molecule has 4 rings (SSSR count). The summed E-state index contributed by atoms with van der Waals surface area (Å²) in [6.07, 6.45) is 2.67. The second-order valence-corrected chi connectivity index (χ2v) is 7.55. The van der Waals surface area contributed by atoms with E-state index in [9.17, 15) is 4.79 Å². The average Bonchev–Trinajstić information content (AvgIpc) is 3.21. The highest BCUT2D eigenvalue weighted by Crippen LogP contribution is 2.24. The third kappa shape index (κ3) is 4.70. The first-order chi connectivity index (χ1) is 14.2. The number of aromatic amines is 1. The highest BCUT2D eigenvalue weighted by molar-refractivity contribution is 5.79. The summed E-state index contributed by atoms with van der Waals surface area (Å²) in [4.78, 5) is 22.9. The second kappa shape index (κ2) is 8.99. The summed E-state index contributed by atoms with van der Waals surface area (Å²) in [7, 11) is 0. The van der Waals surface area contributed by atoms with Gasteiger partial charge in [0.2, 0.25) is 11.9 Å². The molecular weight excluding hydrogens is 364 g/mol. The maximum absolute atomic E-state index is 12.6. The Kier molecular flexibility index (Phi) is 5.98. The van der Waals surface area contributed by atoms with Crippen LogP contribution in [0.4, 0.5) is 5.95 Å². The Balaban J connectivity index is 1.25. The fraction of sp³-hybridized carbons (Fsp3) is 0.391. The monoisotopic (exact) mass is 392 g/mol. The van der Waals surface area contributed by atoms with Crippen LogP contribution in [0.5, 0.6) is 5.75 Å². The number of hydrogen-bond donors (Lipinski definition) is 2. The molecule has 152 valence electrons. The van der Waals surface area contributed by atoms with Crippen molar-refractivity contribution in [3.8, 4) is 5.75 Å². The Morgan fingerprint density at radius 2 is 1.93 bits per heavy atom. The number of H-pyrrole nitrogens is 1. The van der Waals surface area contributed by atoms with Crippen molar-refractivity contribution in [2.75, 3.05) is 24.6 Å². The number of ether oxygens (including phenoxy) is 1. The molecule has 0 saturated carbocycles. The summed E-state index contributed by atoms with van der Waals surface area (Å²) in [6, 6.07) is 16.0. The number of carbonyl (C=O) groups is 1. The zero-order chi connectivity index (χ0) is 20.1. The summed E-state index contributed by atoms with van der Waals surface area (Å²) in [5.74, 6) is 1.97. The minimum Gasteiger partial charge on any atom is -0.494 e. The number of amides is 1. The van der Waals surface area contributed by atoms with Crippen molar-refractivity contribution in [1.29, 1.82) is 0 Å². The van der Waals surface area contributed by atoms with Gasteiger partial charge in [-0.2, -0.15) is 0 Å². The van der Waals surface area contributed by atoms with Crippen LogP contribution >= 0.6 is 0 Å². The van der Waals surface area contributed by atoms with E-state index < -0.39 is 0 Å². The van der Waals surface area contributed by atoms with Gasteiger partial charge in [0.15, 0.2) is 0 Å². The maximum Gasteiger partial charge on any atom is 0.223 e. The van der Waals surface area contributed by atoms with Gasteiger partial charge in [-0.15, -0.1) is 0 Å². The second-order valence-electron chi connectivity index (χ2n) is 7.55. The first-order valence-electron chi connectivity index (χ1n) is 10.4. The summed E-state index contributed by atoms with van der Waals surface area (Å²) < 4.78 is 5.60. The van der Waals surface area contributed by atoms with Gasteiger partial charge >= 0.3 is 0 Å². The number of para-hydroxylation sites is 2. The molecule has 29 heavy (non-hydrogen) atoms. The molecule has 2 heterocycles. The highest BCUT2D eigenvalue weighted by Gasteiger charge is 2.26. The fourth-order valence-corrected chi connectivity index (χ4v) is 3.70. The molecule has 1 amide bonds. The lowest BCUT2D eigenvalue weighted by atomic mass is 9.96. The molecule has 1 aliphatic rings.